The Kier molecular flexibility index (Phi) is 7.67. The smallest absolute Gasteiger partial charge is 0.306 e. The first-order valence-corrected chi connectivity index (χ1v) is 9.12. The van der Waals surface area contributed by atoms with Crippen LogP contribution in [0.25, 0.3) is 0 Å². The molecule has 1 N–H and O–H groups in total. The number of rotatable bonds is 8. The molecule has 132 valence electrons. The number of carbonyl (C=O) groups excluding carboxylic acids is 2. The molecule has 0 radical (unpaired) electrons. The molecule has 1 amide bonds. The zero-order chi connectivity index (χ0) is 18.1. The first kappa shape index (κ1) is 19.2. The number of hydrogen-bond donors (Lipinski definition) is 1. The molecule has 0 saturated carbocycles. The minimum atomic E-state index is -0.365. The molecule has 0 saturated heterocycles. The largest absolute Gasteiger partial charge is 0.456 e. The van der Waals surface area contributed by atoms with Crippen LogP contribution in [-0.2, 0) is 20.7 Å². The van der Waals surface area contributed by atoms with Gasteiger partial charge >= 0.3 is 5.97 Å². The lowest BCUT2D eigenvalue weighted by molar-refractivity contribution is -0.148. The molecular formula is C20H22BrNO3. The molecule has 2 aromatic rings. The van der Waals surface area contributed by atoms with Crippen molar-refractivity contribution in [3.05, 3.63) is 70.2 Å². The van der Waals surface area contributed by atoms with E-state index in [2.05, 4.69) is 21.2 Å². The van der Waals surface area contributed by atoms with Crippen LogP contribution < -0.4 is 5.32 Å². The van der Waals surface area contributed by atoms with Crippen molar-refractivity contribution in [3.63, 3.8) is 0 Å². The molecule has 0 aromatic heterocycles. The molecule has 0 aliphatic carbocycles. The summed E-state index contributed by atoms with van der Waals surface area (Å²) in [5.41, 5.74) is 2.10. The normalized spacial score (nSPS) is 11.6. The lowest BCUT2D eigenvalue weighted by Gasteiger charge is -2.17. The zero-order valence-corrected chi connectivity index (χ0v) is 15.8. The number of carbonyl (C=O) groups is 2. The second kappa shape index (κ2) is 9.99. The molecule has 5 heteroatoms. The van der Waals surface area contributed by atoms with Crippen molar-refractivity contribution in [1.82, 2.24) is 5.32 Å². The van der Waals surface area contributed by atoms with E-state index in [9.17, 15) is 9.59 Å². The summed E-state index contributed by atoms with van der Waals surface area (Å²) >= 11 is 3.39. The average molecular weight is 404 g/mol. The fourth-order valence-electron chi connectivity index (χ4n) is 2.46. The molecule has 1 atom stereocenters. The van der Waals surface area contributed by atoms with Gasteiger partial charge in [0.1, 0.15) is 0 Å². The SMILES string of the molecule is CC[C@H](NC(=O)COC(=O)CCc1ccccc1)c1ccc(Br)cc1. The van der Waals surface area contributed by atoms with Gasteiger partial charge in [0.15, 0.2) is 6.61 Å². The highest BCUT2D eigenvalue weighted by molar-refractivity contribution is 9.10. The molecule has 0 fully saturated rings. The highest BCUT2D eigenvalue weighted by Crippen LogP contribution is 2.19. The number of aryl methyl sites for hydroxylation is 1. The van der Waals surface area contributed by atoms with Gasteiger partial charge in [-0.1, -0.05) is 65.3 Å². The second-order valence-electron chi connectivity index (χ2n) is 5.73. The molecule has 25 heavy (non-hydrogen) atoms. The highest BCUT2D eigenvalue weighted by Gasteiger charge is 2.14. The Bertz CT molecular complexity index is 686. The maximum Gasteiger partial charge on any atom is 0.306 e. The van der Waals surface area contributed by atoms with E-state index < -0.39 is 0 Å². The monoisotopic (exact) mass is 403 g/mol. The van der Waals surface area contributed by atoms with Crippen molar-refractivity contribution in [1.29, 1.82) is 0 Å². The van der Waals surface area contributed by atoms with Crippen molar-refractivity contribution < 1.29 is 14.3 Å². The molecule has 0 aliphatic heterocycles. The molecule has 4 nitrogen and oxygen atoms in total. The molecule has 0 aliphatic rings. The van der Waals surface area contributed by atoms with Gasteiger partial charge in [0.05, 0.1) is 6.04 Å². The van der Waals surface area contributed by atoms with Gasteiger partial charge in [-0.15, -0.1) is 0 Å². The van der Waals surface area contributed by atoms with Crippen LogP contribution in [0.4, 0.5) is 0 Å². The number of hydrogen-bond acceptors (Lipinski definition) is 3. The zero-order valence-electron chi connectivity index (χ0n) is 14.2. The van der Waals surface area contributed by atoms with E-state index >= 15 is 0 Å². The van der Waals surface area contributed by atoms with E-state index in [0.717, 1.165) is 22.0 Å². The van der Waals surface area contributed by atoms with Crippen LogP contribution in [0.2, 0.25) is 0 Å². The van der Waals surface area contributed by atoms with Crippen molar-refractivity contribution in [2.45, 2.75) is 32.2 Å². The van der Waals surface area contributed by atoms with Crippen molar-refractivity contribution >= 4 is 27.8 Å². The highest BCUT2D eigenvalue weighted by atomic mass is 79.9. The predicted molar refractivity (Wildman–Crippen MR) is 101 cm³/mol. The fourth-order valence-corrected chi connectivity index (χ4v) is 2.73. The Morgan fingerprint density at radius 3 is 2.40 bits per heavy atom. The van der Waals surface area contributed by atoms with Crippen LogP contribution in [0, 0.1) is 0 Å². The van der Waals surface area contributed by atoms with Crippen LogP contribution in [-0.4, -0.2) is 18.5 Å². The third-order valence-corrected chi connectivity index (χ3v) is 4.37. The summed E-state index contributed by atoms with van der Waals surface area (Å²) in [6, 6.07) is 17.4. The lowest BCUT2D eigenvalue weighted by Crippen LogP contribution is -2.32. The Balaban J connectivity index is 1.75. The van der Waals surface area contributed by atoms with Gasteiger partial charge < -0.3 is 10.1 Å². The Morgan fingerprint density at radius 1 is 1.08 bits per heavy atom. The lowest BCUT2D eigenvalue weighted by atomic mass is 10.0. The van der Waals surface area contributed by atoms with Crippen LogP contribution in [0.3, 0.4) is 0 Å². The quantitative estimate of drug-likeness (QED) is 0.672. The third-order valence-electron chi connectivity index (χ3n) is 3.84. The molecule has 0 bridgehead atoms. The number of halogens is 1. The number of ether oxygens (including phenoxy) is 1. The molecule has 2 rings (SSSR count). The van der Waals surface area contributed by atoms with Crippen LogP contribution in [0.1, 0.15) is 36.9 Å². The van der Waals surface area contributed by atoms with Crippen molar-refractivity contribution in [2.24, 2.45) is 0 Å². The first-order chi connectivity index (χ1) is 12.1. The van der Waals surface area contributed by atoms with Crippen molar-refractivity contribution in [3.8, 4) is 0 Å². The van der Waals surface area contributed by atoms with E-state index in [1.807, 2.05) is 61.5 Å². The maximum absolute atomic E-state index is 12.0. The molecule has 2 aromatic carbocycles. The molecule has 0 spiro atoms. The predicted octanol–water partition coefficient (Wildman–Crippen LogP) is 4.19. The van der Waals surface area contributed by atoms with Gasteiger partial charge in [-0.3, -0.25) is 9.59 Å². The Morgan fingerprint density at radius 2 is 1.76 bits per heavy atom. The van der Waals surface area contributed by atoms with E-state index in [-0.39, 0.29) is 30.9 Å². The summed E-state index contributed by atoms with van der Waals surface area (Å²) in [6.07, 6.45) is 1.63. The van der Waals surface area contributed by atoms with Crippen molar-refractivity contribution in [2.75, 3.05) is 6.61 Å². The Hall–Kier alpha value is -2.14. The van der Waals surface area contributed by atoms with Gasteiger partial charge in [0.2, 0.25) is 0 Å². The standard InChI is InChI=1S/C20H22BrNO3/c1-2-18(16-9-11-17(21)12-10-16)22-19(23)14-25-20(24)13-8-15-6-4-3-5-7-15/h3-7,9-12,18H,2,8,13-14H2,1H3,(H,22,23)/t18-/m0/s1. The Labute approximate surface area is 156 Å². The minimum Gasteiger partial charge on any atom is -0.456 e. The van der Waals surface area contributed by atoms with Gasteiger partial charge in [-0.2, -0.15) is 0 Å². The van der Waals surface area contributed by atoms with E-state index in [1.54, 1.807) is 0 Å². The third kappa shape index (κ3) is 6.70. The van der Waals surface area contributed by atoms with Gasteiger partial charge in [0, 0.05) is 10.9 Å². The van der Waals surface area contributed by atoms with Crippen LogP contribution >= 0.6 is 15.9 Å². The summed E-state index contributed by atoms with van der Waals surface area (Å²) in [5, 5.41) is 2.90. The molecule has 0 unspecified atom stereocenters. The summed E-state index contributed by atoms with van der Waals surface area (Å²) < 4.78 is 6.06. The van der Waals surface area contributed by atoms with Gasteiger partial charge in [-0.05, 0) is 36.1 Å². The fraction of sp³-hybridized carbons (Fsp3) is 0.300. The summed E-state index contributed by atoms with van der Waals surface area (Å²) in [6.45, 7) is 1.75. The molecular weight excluding hydrogens is 382 g/mol. The van der Waals surface area contributed by atoms with Crippen LogP contribution in [0.15, 0.2) is 59.1 Å². The van der Waals surface area contributed by atoms with E-state index in [4.69, 9.17) is 4.74 Å². The average Bonchev–Trinajstić information content (AvgIpc) is 2.64. The van der Waals surface area contributed by atoms with E-state index in [0.29, 0.717) is 6.42 Å². The number of esters is 1. The number of amides is 1. The van der Waals surface area contributed by atoms with Gasteiger partial charge in [-0.25, -0.2) is 0 Å². The molecule has 0 heterocycles. The second-order valence-corrected chi connectivity index (χ2v) is 6.64. The first-order valence-electron chi connectivity index (χ1n) is 8.33. The topological polar surface area (TPSA) is 55.4 Å². The van der Waals surface area contributed by atoms with E-state index in [1.165, 1.54) is 0 Å². The van der Waals surface area contributed by atoms with Gasteiger partial charge in [0.25, 0.3) is 5.91 Å². The maximum atomic E-state index is 12.0. The summed E-state index contributed by atoms with van der Waals surface area (Å²) in [7, 11) is 0. The summed E-state index contributed by atoms with van der Waals surface area (Å²) in [4.78, 5) is 23.8. The summed E-state index contributed by atoms with van der Waals surface area (Å²) in [5.74, 6) is -0.654. The minimum absolute atomic E-state index is 0.0939. The van der Waals surface area contributed by atoms with Crippen LogP contribution in [0.5, 0.6) is 0 Å². The number of nitrogens with one attached hydrogen (secondary N) is 1. The number of benzene rings is 2.